The van der Waals surface area contributed by atoms with Crippen LogP contribution in [-0.2, 0) is 16.3 Å². The minimum absolute atomic E-state index is 0.0155. The molecular weight excluding hydrogens is 331 g/mol. The molecule has 1 fully saturated rings. The molecule has 1 aromatic heterocycles. The lowest BCUT2D eigenvalue weighted by Crippen LogP contribution is -2.38. The summed E-state index contributed by atoms with van der Waals surface area (Å²) in [6.45, 7) is 4.13. The van der Waals surface area contributed by atoms with Gasteiger partial charge in [-0.25, -0.2) is 8.42 Å². The highest BCUT2D eigenvalue weighted by molar-refractivity contribution is 7.91. The van der Waals surface area contributed by atoms with Gasteiger partial charge in [-0.15, -0.1) is 23.2 Å². The standard InChI is InChI=1S/C14H22Cl2N2O2S/c1-11(2)18-5-3-13(17-18)7-14(9-15,10-16)12-4-6-21(19,20)8-12/h3,5,11-12H,4,6-10H2,1-2H3. The molecule has 1 aliphatic heterocycles. The summed E-state index contributed by atoms with van der Waals surface area (Å²) in [6.07, 6.45) is 3.21. The van der Waals surface area contributed by atoms with E-state index in [-0.39, 0.29) is 17.4 Å². The first-order valence-corrected chi connectivity index (χ1v) is 10.1. The Morgan fingerprint density at radius 2 is 2.10 bits per heavy atom. The Labute approximate surface area is 136 Å². The van der Waals surface area contributed by atoms with E-state index in [4.69, 9.17) is 23.2 Å². The zero-order valence-corrected chi connectivity index (χ0v) is 14.8. The van der Waals surface area contributed by atoms with E-state index in [1.807, 2.05) is 16.9 Å². The molecule has 0 bridgehead atoms. The monoisotopic (exact) mass is 352 g/mol. The maximum atomic E-state index is 11.8. The smallest absolute Gasteiger partial charge is 0.150 e. The topological polar surface area (TPSA) is 52.0 Å². The quantitative estimate of drug-likeness (QED) is 0.739. The molecule has 120 valence electrons. The van der Waals surface area contributed by atoms with Crippen LogP contribution in [0.15, 0.2) is 12.3 Å². The van der Waals surface area contributed by atoms with Crippen molar-refractivity contribution in [2.75, 3.05) is 23.3 Å². The summed E-state index contributed by atoms with van der Waals surface area (Å²) in [5.41, 5.74) is 0.525. The molecule has 0 aromatic carbocycles. The van der Waals surface area contributed by atoms with Crippen molar-refractivity contribution in [3.05, 3.63) is 18.0 Å². The number of alkyl halides is 2. The predicted molar refractivity (Wildman–Crippen MR) is 86.9 cm³/mol. The zero-order chi connectivity index (χ0) is 15.7. The van der Waals surface area contributed by atoms with Crippen molar-refractivity contribution in [2.45, 2.75) is 32.7 Å². The van der Waals surface area contributed by atoms with Crippen LogP contribution in [0.1, 0.15) is 32.0 Å². The van der Waals surface area contributed by atoms with Gasteiger partial charge in [-0.05, 0) is 38.7 Å². The summed E-state index contributed by atoms with van der Waals surface area (Å²) in [6, 6.07) is 2.27. The summed E-state index contributed by atoms with van der Waals surface area (Å²) < 4.78 is 25.4. The highest BCUT2D eigenvalue weighted by atomic mass is 35.5. The summed E-state index contributed by atoms with van der Waals surface area (Å²) in [5.74, 6) is 1.16. The first kappa shape index (κ1) is 17.1. The third-order valence-electron chi connectivity index (χ3n) is 4.36. The first-order valence-electron chi connectivity index (χ1n) is 7.18. The second-order valence-corrected chi connectivity index (χ2v) is 9.05. The molecule has 2 rings (SSSR count). The van der Waals surface area contributed by atoms with Crippen LogP contribution in [0.25, 0.3) is 0 Å². The average molecular weight is 353 g/mol. The SMILES string of the molecule is CC(C)n1ccc(CC(CCl)(CCl)C2CCS(=O)(=O)C2)n1. The van der Waals surface area contributed by atoms with Crippen molar-refractivity contribution < 1.29 is 8.42 Å². The Bertz CT molecular complexity index is 580. The van der Waals surface area contributed by atoms with Gasteiger partial charge in [0.25, 0.3) is 0 Å². The molecule has 1 unspecified atom stereocenters. The third-order valence-corrected chi connectivity index (χ3v) is 7.19. The summed E-state index contributed by atoms with van der Waals surface area (Å²) in [4.78, 5) is 0. The van der Waals surface area contributed by atoms with Gasteiger partial charge in [-0.1, -0.05) is 0 Å². The molecule has 0 spiro atoms. The Hall–Kier alpha value is -0.260. The van der Waals surface area contributed by atoms with E-state index in [2.05, 4.69) is 18.9 Å². The number of halogens is 2. The molecule has 4 nitrogen and oxygen atoms in total. The Kier molecular flexibility index (Phi) is 5.27. The molecule has 0 aliphatic carbocycles. The first-order chi connectivity index (χ1) is 9.82. The second-order valence-electron chi connectivity index (χ2n) is 6.29. The van der Waals surface area contributed by atoms with Gasteiger partial charge in [0.15, 0.2) is 9.84 Å². The number of hydrogen-bond donors (Lipinski definition) is 0. The number of nitrogens with zero attached hydrogens (tertiary/aromatic N) is 2. The van der Waals surface area contributed by atoms with Crippen LogP contribution in [0.2, 0.25) is 0 Å². The van der Waals surface area contributed by atoms with Gasteiger partial charge in [-0.3, -0.25) is 4.68 Å². The number of sulfone groups is 1. The Morgan fingerprint density at radius 1 is 1.43 bits per heavy atom. The van der Waals surface area contributed by atoms with E-state index in [9.17, 15) is 8.42 Å². The lowest BCUT2D eigenvalue weighted by molar-refractivity contribution is 0.241. The average Bonchev–Trinajstić information content (AvgIpc) is 3.03. The molecule has 7 heteroatoms. The summed E-state index contributed by atoms with van der Waals surface area (Å²) >= 11 is 12.4. The molecule has 1 saturated heterocycles. The molecule has 1 aliphatic rings. The van der Waals surface area contributed by atoms with Crippen LogP contribution in [-0.4, -0.2) is 41.5 Å². The van der Waals surface area contributed by atoms with Gasteiger partial charge in [0.1, 0.15) is 0 Å². The van der Waals surface area contributed by atoms with Gasteiger partial charge < -0.3 is 0 Å². The molecule has 0 radical (unpaired) electrons. The third kappa shape index (κ3) is 3.74. The highest BCUT2D eigenvalue weighted by Gasteiger charge is 2.44. The maximum absolute atomic E-state index is 11.8. The van der Waals surface area contributed by atoms with Crippen molar-refractivity contribution >= 4 is 33.0 Å². The van der Waals surface area contributed by atoms with Crippen molar-refractivity contribution in [3.8, 4) is 0 Å². The predicted octanol–water partition coefficient (Wildman–Crippen LogP) is 2.91. The van der Waals surface area contributed by atoms with Gasteiger partial charge >= 0.3 is 0 Å². The lowest BCUT2D eigenvalue weighted by atomic mass is 9.74. The fourth-order valence-corrected chi connectivity index (χ4v) is 5.75. The fraction of sp³-hybridized carbons (Fsp3) is 0.786. The van der Waals surface area contributed by atoms with Crippen LogP contribution < -0.4 is 0 Å². The van der Waals surface area contributed by atoms with E-state index in [0.717, 1.165) is 5.69 Å². The van der Waals surface area contributed by atoms with E-state index in [1.54, 1.807) is 0 Å². The summed E-state index contributed by atoms with van der Waals surface area (Å²) in [7, 11) is -2.94. The van der Waals surface area contributed by atoms with Crippen molar-refractivity contribution in [1.29, 1.82) is 0 Å². The van der Waals surface area contributed by atoms with Crippen LogP contribution in [0, 0.1) is 11.3 Å². The molecule has 0 N–H and O–H groups in total. The van der Waals surface area contributed by atoms with Gasteiger partial charge in [0.05, 0.1) is 17.2 Å². The van der Waals surface area contributed by atoms with Gasteiger partial charge in [-0.2, -0.15) is 5.10 Å². The summed E-state index contributed by atoms with van der Waals surface area (Å²) in [5, 5.41) is 4.55. The minimum Gasteiger partial charge on any atom is -0.270 e. The highest BCUT2D eigenvalue weighted by Crippen LogP contribution is 2.40. The van der Waals surface area contributed by atoms with Gasteiger partial charge in [0.2, 0.25) is 0 Å². The van der Waals surface area contributed by atoms with E-state index in [1.165, 1.54) is 0 Å². The molecule has 1 aromatic rings. The molecular formula is C14H22Cl2N2O2S. The van der Waals surface area contributed by atoms with Crippen LogP contribution >= 0.6 is 23.2 Å². The second kappa shape index (κ2) is 6.47. The number of rotatable bonds is 6. The maximum Gasteiger partial charge on any atom is 0.150 e. The van der Waals surface area contributed by atoms with Crippen molar-refractivity contribution in [3.63, 3.8) is 0 Å². The van der Waals surface area contributed by atoms with Crippen LogP contribution in [0.4, 0.5) is 0 Å². The minimum atomic E-state index is -2.94. The Balaban J connectivity index is 2.21. The zero-order valence-electron chi connectivity index (χ0n) is 12.4. The molecule has 0 saturated carbocycles. The van der Waals surface area contributed by atoms with E-state index < -0.39 is 15.3 Å². The van der Waals surface area contributed by atoms with Crippen molar-refractivity contribution in [1.82, 2.24) is 9.78 Å². The fourth-order valence-electron chi connectivity index (χ4n) is 2.89. The largest absolute Gasteiger partial charge is 0.270 e. The molecule has 1 atom stereocenters. The lowest BCUT2D eigenvalue weighted by Gasteiger charge is -2.34. The molecule has 0 amide bonds. The number of aromatic nitrogens is 2. The van der Waals surface area contributed by atoms with Crippen LogP contribution in [0.3, 0.4) is 0 Å². The van der Waals surface area contributed by atoms with E-state index >= 15 is 0 Å². The number of hydrogen-bond acceptors (Lipinski definition) is 3. The van der Waals surface area contributed by atoms with E-state index in [0.29, 0.717) is 30.6 Å². The van der Waals surface area contributed by atoms with Crippen molar-refractivity contribution in [2.24, 2.45) is 11.3 Å². The normalized spacial score (nSPS) is 22.0. The van der Waals surface area contributed by atoms with Crippen LogP contribution in [0.5, 0.6) is 0 Å². The Morgan fingerprint density at radius 3 is 2.52 bits per heavy atom. The molecule has 2 heterocycles. The van der Waals surface area contributed by atoms with Gasteiger partial charge in [0, 0.05) is 29.4 Å². The molecule has 21 heavy (non-hydrogen) atoms.